The summed E-state index contributed by atoms with van der Waals surface area (Å²) in [6.45, 7) is 0.681. The average molecular weight is 664 g/mol. The fourth-order valence-corrected chi connectivity index (χ4v) is 5.86. The van der Waals surface area contributed by atoms with Gasteiger partial charge >= 0.3 is 0 Å². The van der Waals surface area contributed by atoms with Crippen molar-refractivity contribution >= 4 is 44.0 Å². The van der Waals surface area contributed by atoms with Crippen molar-refractivity contribution < 1.29 is 22.3 Å². The van der Waals surface area contributed by atoms with Gasteiger partial charge in [-0.05, 0) is 58.8 Å². The standard InChI is InChI=1S/C27H29FIN5O4S/c1-39(36,37)9-6-23-17-34(24-10-22(29)11-26(12-24)38-8-7-28)27(35)18-32(23)16-25-14-31-19-33(25)15-21-4-2-20(13-30)3-5-21/h2-5,10-12,14,19,23H,6-9,15-18H2,1H3/t23-/m0/s1/i29-2. The molecule has 2 heterocycles. The summed E-state index contributed by atoms with van der Waals surface area (Å²) in [7, 11) is -3.21. The molecule has 2 aromatic carbocycles. The first-order chi connectivity index (χ1) is 18.6. The van der Waals surface area contributed by atoms with Gasteiger partial charge in [0.25, 0.3) is 0 Å². The molecule has 0 N–H and O–H groups in total. The van der Waals surface area contributed by atoms with Crippen LogP contribution in [-0.2, 0) is 27.7 Å². The number of rotatable bonds is 11. The van der Waals surface area contributed by atoms with Crippen LogP contribution in [0.3, 0.4) is 0 Å². The number of hydrogen-bond donors (Lipinski definition) is 0. The Morgan fingerprint density at radius 2 is 1.97 bits per heavy atom. The van der Waals surface area contributed by atoms with Crippen LogP contribution in [0.1, 0.15) is 23.2 Å². The lowest BCUT2D eigenvalue weighted by atomic mass is 10.1. The van der Waals surface area contributed by atoms with Crippen molar-refractivity contribution in [1.29, 1.82) is 5.26 Å². The zero-order valence-corrected chi connectivity index (χ0v) is 24.4. The first-order valence-corrected chi connectivity index (χ1v) is 15.5. The highest BCUT2D eigenvalue weighted by Gasteiger charge is 2.34. The van der Waals surface area contributed by atoms with E-state index in [1.54, 1.807) is 41.7 Å². The molecule has 0 bridgehead atoms. The molecule has 0 unspecified atom stereocenters. The van der Waals surface area contributed by atoms with Gasteiger partial charge in [-0.15, -0.1) is 0 Å². The molecule has 39 heavy (non-hydrogen) atoms. The van der Waals surface area contributed by atoms with Crippen molar-refractivity contribution in [2.75, 3.05) is 43.3 Å². The molecule has 9 nitrogen and oxygen atoms in total. The quantitative estimate of drug-likeness (QED) is 0.290. The van der Waals surface area contributed by atoms with Crippen LogP contribution in [-0.4, -0.2) is 73.2 Å². The van der Waals surface area contributed by atoms with E-state index < -0.39 is 16.5 Å². The summed E-state index contributed by atoms with van der Waals surface area (Å²) in [4.78, 5) is 21.3. The number of imidazole rings is 1. The van der Waals surface area contributed by atoms with Crippen LogP contribution in [0.15, 0.2) is 55.0 Å². The Labute approximate surface area is 241 Å². The highest BCUT2D eigenvalue weighted by Crippen LogP contribution is 2.29. The minimum atomic E-state index is -3.21. The fourth-order valence-electron chi connectivity index (χ4n) is 4.53. The Hall–Kier alpha value is -3.02. The third-order valence-electron chi connectivity index (χ3n) is 6.48. The van der Waals surface area contributed by atoms with E-state index in [1.807, 2.05) is 27.7 Å². The molecule has 0 radical (unpaired) electrons. The first-order valence-electron chi connectivity index (χ1n) is 12.3. The molecule has 1 fully saturated rings. The highest BCUT2D eigenvalue weighted by atomic mass is 125. The Morgan fingerprint density at radius 3 is 2.67 bits per heavy atom. The van der Waals surface area contributed by atoms with Crippen molar-refractivity contribution in [3.63, 3.8) is 0 Å². The maximum absolute atomic E-state index is 13.4. The number of carbonyl (C=O) groups excluding carboxylic acids is 1. The van der Waals surface area contributed by atoms with Crippen LogP contribution in [0.2, 0.25) is 0 Å². The molecule has 206 valence electrons. The minimum absolute atomic E-state index is 0.00210. The third-order valence-corrected chi connectivity index (χ3v) is 8.08. The van der Waals surface area contributed by atoms with Gasteiger partial charge in [0, 0.05) is 53.5 Å². The largest absolute Gasteiger partial charge is 0.491 e. The van der Waals surface area contributed by atoms with Gasteiger partial charge in [0.05, 0.1) is 36.0 Å². The number of halogens is 2. The Morgan fingerprint density at radius 1 is 1.21 bits per heavy atom. The van der Waals surface area contributed by atoms with Crippen molar-refractivity contribution in [2.24, 2.45) is 0 Å². The first kappa shape index (κ1) is 29.0. The van der Waals surface area contributed by atoms with Crippen LogP contribution in [0.5, 0.6) is 5.75 Å². The van der Waals surface area contributed by atoms with Crippen LogP contribution >= 0.6 is 22.6 Å². The van der Waals surface area contributed by atoms with Crippen LogP contribution in [0.25, 0.3) is 0 Å². The number of piperazine rings is 1. The minimum Gasteiger partial charge on any atom is -0.491 e. The number of ether oxygens (including phenoxy) is 1. The molecule has 1 aliphatic heterocycles. The number of benzene rings is 2. The third kappa shape index (κ3) is 8.00. The second-order valence-electron chi connectivity index (χ2n) is 9.49. The van der Waals surface area contributed by atoms with E-state index in [-0.39, 0.29) is 30.9 Å². The van der Waals surface area contributed by atoms with E-state index in [2.05, 4.69) is 33.6 Å². The molecule has 4 rings (SSSR count). The smallest absolute Gasteiger partial charge is 0.241 e. The van der Waals surface area contributed by atoms with Gasteiger partial charge in [-0.1, -0.05) is 12.1 Å². The molecule has 0 aliphatic carbocycles. The van der Waals surface area contributed by atoms with E-state index in [4.69, 9.17) is 10.00 Å². The molecule has 1 amide bonds. The van der Waals surface area contributed by atoms with Crippen molar-refractivity contribution in [2.45, 2.75) is 25.6 Å². The van der Waals surface area contributed by atoms with Gasteiger partial charge in [0.15, 0.2) is 0 Å². The monoisotopic (exact) mass is 663 g/mol. The van der Waals surface area contributed by atoms with E-state index >= 15 is 0 Å². The summed E-state index contributed by atoms with van der Waals surface area (Å²) >= 11 is 2.13. The Bertz CT molecular complexity index is 1460. The van der Waals surface area contributed by atoms with Crippen LogP contribution < -0.4 is 9.64 Å². The molecule has 1 aliphatic rings. The van der Waals surface area contributed by atoms with E-state index in [1.165, 1.54) is 6.26 Å². The Kier molecular flexibility index (Phi) is 9.58. The van der Waals surface area contributed by atoms with E-state index in [0.717, 1.165) is 14.8 Å². The molecular weight excluding hydrogens is 634 g/mol. The number of nitrogens with zero attached hydrogens (tertiary/aromatic N) is 5. The molecule has 12 heteroatoms. The van der Waals surface area contributed by atoms with Gasteiger partial charge in [-0.2, -0.15) is 5.26 Å². The molecule has 0 saturated carbocycles. The van der Waals surface area contributed by atoms with Crippen molar-refractivity contribution in [3.8, 4) is 11.8 Å². The van der Waals surface area contributed by atoms with Crippen LogP contribution in [0, 0.1) is 14.9 Å². The zero-order chi connectivity index (χ0) is 28.0. The number of amides is 1. The number of sulfone groups is 1. The second-order valence-corrected chi connectivity index (χ2v) is 13.0. The number of alkyl halides is 1. The van der Waals surface area contributed by atoms with Gasteiger partial charge < -0.3 is 14.2 Å². The second kappa shape index (κ2) is 12.9. The lowest BCUT2D eigenvalue weighted by molar-refractivity contribution is -0.122. The average Bonchev–Trinajstić information content (AvgIpc) is 3.32. The van der Waals surface area contributed by atoms with Crippen LogP contribution in [0.4, 0.5) is 10.1 Å². The molecular formula is C27H29FIN5O4S. The maximum Gasteiger partial charge on any atom is 0.241 e. The number of nitriles is 1. The summed E-state index contributed by atoms with van der Waals surface area (Å²) in [6, 6.07) is 14.6. The van der Waals surface area contributed by atoms with Crippen molar-refractivity contribution in [3.05, 3.63) is 75.4 Å². The number of hydrogen-bond acceptors (Lipinski definition) is 7. The summed E-state index contributed by atoms with van der Waals surface area (Å²) in [5.41, 5.74) is 3.12. The number of aromatic nitrogens is 2. The molecule has 1 atom stereocenters. The summed E-state index contributed by atoms with van der Waals surface area (Å²) in [5.74, 6) is 0.351. The maximum atomic E-state index is 13.4. The fraction of sp³-hybridized carbons (Fsp3) is 0.370. The topological polar surface area (TPSA) is 109 Å². The summed E-state index contributed by atoms with van der Waals surface area (Å²) < 4.78 is 45.0. The molecule has 0 spiro atoms. The lowest BCUT2D eigenvalue weighted by Crippen LogP contribution is -2.56. The Balaban J connectivity index is 1.55. The van der Waals surface area contributed by atoms with Gasteiger partial charge in [0.2, 0.25) is 5.91 Å². The summed E-state index contributed by atoms with van der Waals surface area (Å²) in [6.07, 6.45) is 5.05. The van der Waals surface area contributed by atoms with Gasteiger partial charge in [0.1, 0.15) is 28.9 Å². The summed E-state index contributed by atoms with van der Waals surface area (Å²) in [5, 5.41) is 9.05. The predicted octanol–water partition coefficient (Wildman–Crippen LogP) is 3.41. The lowest BCUT2D eigenvalue weighted by Gasteiger charge is -2.41. The van der Waals surface area contributed by atoms with Gasteiger partial charge in [-0.3, -0.25) is 9.69 Å². The number of carbonyl (C=O) groups is 1. The molecule has 1 aromatic heterocycles. The highest BCUT2D eigenvalue weighted by molar-refractivity contribution is 14.1. The van der Waals surface area contributed by atoms with E-state index in [9.17, 15) is 17.6 Å². The van der Waals surface area contributed by atoms with Crippen molar-refractivity contribution in [1.82, 2.24) is 14.5 Å². The number of anilines is 1. The predicted molar refractivity (Wildman–Crippen MR) is 154 cm³/mol. The zero-order valence-electron chi connectivity index (χ0n) is 21.5. The SMILES string of the molecule is CS(=O)(=O)CC[C@H]1CN(c2cc([125I])cc(OCCF)c2)C(=O)CN1Cc1cncn1Cc1ccc(C#N)cc1. The molecule has 3 aromatic rings. The van der Waals surface area contributed by atoms with Gasteiger partial charge in [-0.25, -0.2) is 17.8 Å². The van der Waals surface area contributed by atoms with E-state index in [0.29, 0.717) is 43.1 Å². The molecule has 1 saturated heterocycles. The normalized spacial score (nSPS) is 16.3.